The molecule has 2 N–H and O–H groups in total. The van der Waals surface area contributed by atoms with Crippen LogP contribution in [0.2, 0.25) is 0 Å². The molecule has 5 nitrogen and oxygen atoms in total. The Balaban J connectivity index is 2.82. The molecular formula is C16H28F2N2O3. The van der Waals surface area contributed by atoms with Gasteiger partial charge < -0.3 is 15.4 Å². The predicted molar refractivity (Wildman–Crippen MR) is 83.0 cm³/mol. The van der Waals surface area contributed by atoms with Crippen molar-refractivity contribution in [2.45, 2.75) is 59.5 Å². The molecule has 1 aliphatic heterocycles. The van der Waals surface area contributed by atoms with Crippen molar-refractivity contribution in [3.05, 3.63) is 0 Å². The van der Waals surface area contributed by atoms with Crippen molar-refractivity contribution in [3.8, 4) is 0 Å². The Morgan fingerprint density at radius 1 is 1.26 bits per heavy atom. The first-order valence-corrected chi connectivity index (χ1v) is 7.97. The number of hydrogen-bond donors (Lipinski definition) is 1. The molecule has 0 bridgehead atoms. The minimum atomic E-state index is -2.80. The maximum absolute atomic E-state index is 13.9. The molecule has 134 valence electrons. The van der Waals surface area contributed by atoms with Crippen molar-refractivity contribution in [1.82, 2.24) is 4.90 Å². The second-order valence-corrected chi connectivity index (χ2v) is 7.74. The Bertz CT molecular complexity index is 435. The van der Waals surface area contributed by atoms with Crippen LogP contribution in [0.5, 0.6) is 0 Å². The van der Waals surface area contributed by atoms with E-state index in [4.69, 9.17) is 10.5 Å². The third kappa shape index (κ3) is 5.32. The van der Waals surface area contributed by atoms with Crippen molar-refractivity contribution >= 4 is 12.0 Å². The van der Waals surface area contributed by atoms with E-state index in [2.05, 4.69) is 0 Å². The quantitative estimate of drug-likeness (QED) is 0.859. The van der Waals surface area contributed by atoms with Gasteiger partial charge in [0.2, 0.25) is 0 Å². The second kappa shape index (κ2) is 7.01. The average Bonchev–Trinajstić information content (AvgIpc) is 2.38. The van der Waals surface area contributed by atoms with Crippen LogP contribution in [0.1, 0.15) is 47.5 Å². The van der Waals surface area contributed by atoms with Crippen molar-refractivity contribution in [2.24, 2.45) is 23.0 Å². The summed E-state index contributed by atoms with van der Waals surface area (Å²) in [6.07, 6.45) is -1.08. The minimum absolute atomic E-state index is 0.0466. The summed E-state index contributed by atoms with van der Waals surface area (Å²) in [6.45, 7) is 8.76. The number of piperidine rings is 1. The number of likely N-dealkylation sites (tertiary alicyclic amines) is 1. The van der Waals surface area contributed by atoms with Gasteiger partial charge in [-0.1, -0.05) is 34.6 Å². The summed E-state index contributed by atoms with van der Waals surface area (Å²) in [7, 11) is 0. The van der Waals surface area contributed by atoms with Crippen LogP contribution in [-0.2, 0) is 9.53 Å². The number of ether oxygens (including phenoxy) is 1. The van der Waals surface area contributed by atoms with E-state index in [-0.39, 0.29) is 18.5 Å². The smallest absolute Gasteiger partial charge is 0.405 e. The van der Waals surface area contributed by atoms with Gasteiger partial charge in [-0.15, -0.1) is 0 Å². The van der Waals surface area contributed by atoms with E-state index in [1.54, 1.807) is 0 Å². The molecule has 1 rings (SSSR count). The van der Waals surface area contributed by atoms with Crippen LogP contribution >= 0.6 is 0 Å². The molecule has 0 saturated carbocycles. The van der Waals surface area contributed by atoms with Gasteiger partial charge in [-0.3, -0.25) is 4.79 Å². The fraction of sp³-hybridized carbons (Fsp3) is 0.875. The van der Waals surface area contributed by atoms with Crippen LogP contribution < -0.4 is 5.73 Å². The Morgan fingerprint density at radius 2 is 1.74 bits per heavy atom. The Morgan fingerprint density at radius 3 is 2.13 bits per heavy atom. The first kappa shape index (κ1) is 19.6. The van der Waals surface area contributed by atoms with Gasteiger partial charge in [0.15, 0.2) is 6.10 Å². The van der Waals surface area contributed by atoms with E-state index in [1.807, 2.05) is 20.8 Å². The first-order valence-electron chi connectivity index (χ1n) is 7.97. The van der Waals surface area contributed by atoms with Gasteiger partial charge in [0.25, 0.3) is 11.8 Å². The van der Waals surface area contributed by atoms with Crippen molar-refractivity contribution in [2.75, 3.05) is 13.1 Å². The summed E-state index contributed by atoms with van der Waals surface area (Å²) in [5.41, 5.74) is 5.00. The lowest BCUT2D eigenvalue weighted by molar-refractivity contribution is -0.164. The lowest BCUT2D eigenvalue weighted by Gasteiger charge is -2.42. The van der Waals surface area contributed by atoms with Crippen molar-refractivity contribution < 1.29 is 23.1 Å². The van der Waals surface area contributed by atoms with E-state index in [0.717, 1.165) is 0 Å². The standard InChI is InChI=1S/C16H28F2N2O3/c1-10-8-20(9-11(2)16(10,17)18)13(21)12(23-14(19)22)6-7-15(3,4)5/h10-12H,6-9H2,1-5H3,(H2,19,22)/t10-,11+,12-/m0/s1. The normalized spacial score (nSPS) is 25.8. The van der Waals surface area contributed by atoms with E-state index >= 15 is 0 Å². The molecule has 0 spiro atoms. The maximum atomic E-state index is 13.9. The molecule has 1 aliphatic rings. The summed E-state index contributed by atoms with van der Waals surface area (Å²) in [4.78, 5) is 25.0. The number of alkyl halides is 2. The zero-order chi connectivity index (χ0) is 18.0. The molecule has 7 heteroatoms. The zero-order valence-electron chi connectivity index (χ0n) is 14.6. The number of carbonyl (C=O) groups excluding carboxylic acids is 2. The molecule has 0 radical (unpaired) electrons. The van der Waals surface area contributed by atoms with Crippen LogP contribution in [0.15, 0.2) is 0 Å². The van der Waals surface area contributed by atoms with Gasteiger partial charge in [-0.25, -0.2) is 13.6 Å². The third-order valence-corrected chi connectivity index (χ3v) is 4.30. The number of rotatable bonds is 4. The zero-order valence-corrected chi connectivity index (χ0v) is 14.6. The highest BCUT2D eigenvalue weighted by Gasteiger charge is 2.48. The van der Waals surface area contributed by atoms with Crippen LogP contribution in [-0.4, -0.2) is 42.0 Å². The molecule has 1 heterocycles. The molecule has 1 saturated heterocycles. The van der Waals surface area contributed by atoms with E-state index in [1.165, 1.54) is 18.7 Å². The topological polar surface area (TPSA) is 72.6 Å². The lowest BCUT2D eigenvalue weighted by Crippen LogP contribution is -2.56. The summed E-state index contributed by atoms with van der Waals surface area (Å²) in [5, 5.41) is 0. The molecule has 3 atom stereocenters. The molecule has 1 fully saturated rings. The molecule has 0 aliphatic carbocycles. The molecule has 0 aromatic carbocycles. The predicted octanol–water partition coefficient (Wildman–Crippen LogP) is 3.03. The van der Waals surface area contributed by atoms with Gasteiger partial charge >= 0.3 is 6.09 Å². The fourth-order valence-electron chi connectivity index (χ4n) is 2.79. The molecule has 2 amide bonds. The molecule has 0 aromatic rings. The molecule has 23 heavy (non-hydrogen) atoms. The maximum Gasteiger partial charge on any atom is 0.405 e. The third-order valence-electron chi connectivity index (χ3n) is 4.30. The van der Waals surface area contributed by atoms with E-state index in [9.17, 15) is 18.4 Å². The Kier molecular flexibility index (Phi) is 5.99. The summed E-state index contributed by atoms with van der Waals surface area (Å²) >= 11 is 0. The SMILES string of the molecule is C[C@@H]1CN(C(=O)[C@H](CCC(C)(C)C)OC(N)=O)C[C@H](C)C1(F)F. The van der Waals surface area contributed by atoms with Crippen LogP contribution in [0.3, 0.4) is 0 Å². The Hall–Kier alpha value is -1.40. The van der Waals surface area contributed by atoms with Gasteiger partial charge in [0.1, 0.15) is 0 Å². The average molecular weight is 334 g/mol. The highest BCUT2D eigenvalue weighted by molar-refractivity contribution is 5.83. The van der Waals surface area contributed by atoms with Gasteiger partial charge in [0.05, 0.1) is 0 Å². The number of nitrogens with two attached hydrogens (primary N) is 1. The van der Waals surface area contributed by atoms with Gasteiger partial charge in [-0.05, 0) is 18.3 Å². The molecule has 0 aromatic heterocycles. The van der Waals surface area contributed by atoms with Gasteiger partial charge in [-0.2, -0.15) is 0 Å². The summed E-state index contributed by atoms with van der Waals surface area (Å²) in [6, 6.07) is 0. The van der Waals surface area contributed by atoms with Crippen LogP contribution in [0.25, 0.3) is 0 Å². The number of primary amides is 1. The number of halogens is 2. The summed E-state index contributed by atoms with van der Waals surface area (Å²) in [5.74, 6) is -5.12. The number of hydrogen-bond acceptors (Lipinski definition) is 3. The number of amides is 2. The highest BCUT2D eigenvalue weighted by atomic mass is 19.3. The van der Waals surface area contributed by atoms with Crippen molar-refractivity contribution in [1.29, 1.82) is 0 Å². The second-order valence-electron chi connectivity index (χ2n) is 7.74. The largest absolute Gasteiger partial charge is 0.436 e. The van der Waals surface area contributed by atoms with E-state index < -0.39 is 35.9 Å². The van der Waals surface area contributed by atoms with Crippen LogP contribution in [0, 0.1) is 17.3 Å². The highest BCUT2D eigenvalue weighted by Crippen LogP contribution is 2.38. The molecule has 0 unspecified atom stereocenters. The molecular weight excluding hydrogens is 306 g/mol. The lowest BCUT2D eigenvalue weighted by atomic mass is 9.86. The van der Waals surface area contributed by atoms with Crippen molar-refractivity contribution in [3.63, 3.8) is 0 Å². The van der Waals surface area contributed by atoms with Gasteiger partial charge in [0, 0.05) is 24.9 Å². The Labute approximate surface area is 136 Å². The minimum Gasteiger partial charge on any atom is -0.436 e. The number of nitrogens with zero attached hydrogens (tertiary/aromatic N) is 1. The van der Waals surface area contributed by atoms with E-state index in [0.29, 0.717) is 12.8 Å². The fourth-order valence-corrected chi connectivity index (χ4v) is 2.79. The first-order chi connectivity index (χ1) is 10.3. The number of carbonyl (C=O) groups is 2. The van der Waals surface area contributed by atoms with Crippen LogP contribution in [0.4, 0.5) is 13.6 Å². The summed E-state index contributed by atoms with van der Waals surface area (Å²) < 4.78 is 32.7. The monoisotopic (exact) mass is 334 g/mol.